The van der Waals surface area contributed by atoms with Crippen LogP contribution in [0.4, 0.5) is 11.5 Å². The molecule has 0 saturated carbocycles. The lowest BCUT2D eigenvalue weighted by atomic mass is 10.2. The Bertz CT molecular complexity index is 695. The highest BCUT2D eigenvalue weighted by Crippen LogP contribution is 2.15. The third-order valence-electron chi connectivity index (χ3n) is 3.99. The summed E-state index contributed by atoms with van der Waals surface area (Å²) in [4.78, 5) is 25.3. The topological polar surface area (TPSA) is 61.4 Å². The molecule has 1 N–H and O–H groups in total. The van der Waals surface area contributed by atoms with E-state index in [0.717, 1.165) is 43.2 Å². The van der Waals surface area contributed by atoms with Gasteiger partial charge >= 0.3 is 0 Å². The smallest absolute Gasteiger partial charge is 0.274 e. The number of anilines is 2. The van der Waals surface area contributed by atoms with Crippen LogP contribution in [0.3, 0.4) is 0 Å². The van der Waals surface area contributed by atoms with Crippen molar-refractivity contribution in [2.75, 3.05) is 43.4 Å². The number of amides is 1. The van der Waals surface area contributed by atoms with Crippen molar-refractivity contribution in [2.24, 2.45) is 0 Å². The van der Waals surface area contributed by atoms with Crippen LogP contribution in [0.5, 0.6) is 0 Å². The van der Waals surface area contributed by atoms with E-state index in [4.69, 9.17) is 0 Å². The number of likely N-dealkylation sites (N-methyl/N-ethyl adjacent to an activating group) is 1. The maximum absolute atomic E-state index is 12.4. The van der Waals surface area contributed by atoms with Crippen LogP contribution in [0.2, 0.25) is 0 Å². The number of aryl methyl sites for hydroxylation is 1. The molecule has 23 heavy (non-hydrogen) atoms. The number of nitrogens with one attached hydrogen (secondary N) is 1. The average Bonchev–Trinajstić information content (AvgIpc) is 2.56. The third-order valence-corrected chi connectivity index (χ3v) is 3.99. The molecule has 0 atom stereocenters. The first-order valence-corrected chi connectivity index (χ1v) is 7.75. The van der Waals surface area contributed by atoms with Gasteiger partial charge in [-0.3, -0.25) is 4.79 Å². The molecule has 1 aromatic carbocycles. The van der Waals surface area contributed by atoms with Crippen molar-refractivity contribution in [3.05, 3.63) is 47.9 Å². The maximum atomic E-state index is 12.4. The second-order valence-corrected chi connectivity index (χ2v) is 5.88. The lowest BCUT2D eigenvalue weighted by molar-refractivity contribution is 0.102. The molecule has 6 heteroatoms. The van der Waals surface area contributed by atoms with Gasteiger partial charge in [0.1, 0.15) is 17.8 Å². The van der Waals surface area contributed by atoms with E-state index in [1.54, 1.807) is 6.07 Å². The quantitative estimate of drug-likeness (QED) is 0.936. The molecule has 6 nitrogen and oxygen atoms in total. The number of hydrogen-bond acceptors (Lipinski definition) is 5. The Labute approximate surface area is 136 Å². The second-order valence-electron chi connectivity index (χ2n) is 5.88. The minimum absolute atomic E-state index is 0.214. The van der Waals surface area contributed by atoms with Crippen LogP contribution in [-0.4, -0.2) is 54.0 Å². The van der Waals surface area contributed by atoms with Gasteiger partial charge in [0.2, 0.25) is 0 Å². The average molecular weight is 311 g/mol. The largest absolute Gasteiger partial charge is 0.354 e. The van der Waals surface area contributed by atoms with Gasteiger partial charge in [-0.1, -0.05) is 12.1 Å². The van der Waals surface area contributed by atoms with Gasteiger partial charge in [0.05, 0.1) is 0 Å². The Hall–Kier alpha value is -2.47. The van der Waals surface area contributed by atoms with E-state index < -0.39 is 0 Å². The Morgan fingerprint density at radius 1 is 1.13 bits per heavy atom. The molecule has 1 saturated heterocycles. The highest BCUT2D eigenvalue weighted by Gasteiger charge is 2.17. The first-order valence-electron chi connectivity index (χ1n) is 7.75. The summed E-state index contributed by atoms with van der Waals surface area (Å²) < 4.78 is 0. The summed E-state index contributed by atoms with van der Waals surface area (Å²) in [6.07, 6.45) is 1.46. The van der Waals surface area contributed by atoms with Gasteiger partial charge in [0.15, 0.2) is 0 Å². The van der Waals surface area contributed by atoms with Crippen LogP contribution in [0.25, 0.3) is 0 Å². The van der Waals surface area contributed by atoms with Crippen LogP contribution in [0, 0.1) is 6.92 Å². The van der Waals surface area contributed by atoms with E-state index in [1.165, 1.54) is 6.33 Å². The Kier molecular flexibility index (Phi) is 4.52. The van der Waals surface area contributed by atoms with Gasteiger partial charge in [0.25, 0.3) is 5.91 Å². The molecule has 3 rings (SSSR count). The number of carbonyl (C=O) groups excluding carboxylic acids is 1. The summed E-state index contributed by atoms with van der Waals surface area (Å²) >= 11 is 0. The van der Waals surface area contributed by atoms with E-state index in [1.807, 2.05) is 31.2 Å². The number of benzene rings is 1. The Morgan fingerprint density at radius 3 is 2.65 bits per heavy atom. The monoisotopic (exact) mass is 311 g/mol. The Morgan fingerprint density at radius 2 is 1.91 bits per heavy atom. The minimum atomic E-state index is -0.214. The molecule has 2 heterocycles. The van der Waals surface area contributed by atoms with Crippen molar-refractivity contribution >= 4 is 17.4 Å². The lowest BCUT2D eigenvalue weighted by Crippen LogP contribution is -2.44. The van der Waals surface area contributed by atoms with Crippen LogP contribution >= 0.6 is 0 Å². The van der Waals surface area contributed by atoms with Gasteiger partial charge in [-0.25, -0.2) is 9.97 Å². The normalized spacial score (nSPS) is 15.5. The van der Waals surface area contributed by atoms with Crippen molar-refractivity contribution in [3.63, 3.8) is 0 Å². The fraction of sp³-hybridized carbons (Fsp3) is 0.353. The van der Waals surface area contributed by atoms with Crippen molar-refractivity contribution in [1.82, 2.24) is 14.9 Å². The van der Waals surface area contributed by atoms with Crippen molar-refractivity contribution < 1.29 is 4.79 Å². The Balaban J connectivity index is 1.72. The predicted octanol–water partition coefficient (Wildman–Crippen LogP) is 1.79. The molecule has 0 aliphatic carbocycles. The third kappa shape index (κ3) is 3.84. The van der Waals surface area contributed by atoms with E-state index >= 15 is 0 Å². The zero-order valence-corrected chi connectivity index (χ0v) is 13.5. The van der Waals surface area contributed by atoms with Gasteiger partial charge < -0.3 is 15.1 Å². The van der Waals surface area contributed by atoms with Crippen LogP contribution in [0.1, 0.15) is 16.1 Å². The maximum Gasteiger partial charge on any atom is 0.274 e. The number of nitrogens with zero attached hydrogens (tertiary/aromatic N) is 4. The molecule has 1 amide bonds. The van der Waals surface area contributed by atoms with Crippen molar-refractivity contribution in [1.29, 1.82) is 0 Å². The molecule has 1 aliphatic heterocycles. The van der Waals surface area contributed by atoms with Gasteiger partial charge in [-0.2, -0.15) is 0 Å². The number of carbonyl (C=O) groups is 1. The highest BCUT2D eigenvalue weighted by molar-refractivity contribution is 6.03. The zero-order chi connectivity index (χ0) is 16.2. The SMILES string of the molecule is Cc1cccc(NC(=O)c2cc(N3CCN(C)CC3)ncn2)c1. The number of hydrogen-bond donors (Lipinski definition) is 1. The molecule has 2 aromatic rings. The van der Waals surface area contributed by atoms with E-state index in [9.17, 15) is 4.79 Å². The van der Waals surface area contributed by atoms with E-state index in [0.29, 0.717) is 5.69 Å². The minimum Gasteiger partial charge on any atom is -0.354 e. The molecule has 0 unspecified atom stereocenters. The van der Waals surface area contributed by atoms with E-state index in [-0.39, 0.29) is 5.91 Å². The van der Waals surface area contributed by atoms with Crippen LogP contribution in [0.15, 0.2) is 36.7 Å². The molecule has 0 radical (unpaired) electrons. The molecular formula is C17H21N5O. The number of piperazine rings is 1. The molecule has 1 aromatic heterocycles. The fourth-order valence-electron chi connectivity index (χ4n) is 2.60. The second kappa shape index (κ2) is 6.75. The highest BCUT2D eigenvalue weighted by atomic mass is 16.1. The number of rotatable bonds is 3. The fourth-order valence-corrected chi connectivity index (χ4v) is 2.60. The lowest BCUT2D eigenvalue weighted by Gasteiger charge is -2.33. The first-order chi connectivity index (χ1) is 11.1. The van der Waals surface area contributed by atoms with Crippen LogP contribution in [-0.2, 0) is 0 Å². The summed E-state index contributed by atoms with van der Waals surface area (Å²) in [5, 5.41) is 2.88. The summed E-state index contributed by atoms with van der Waals surface area (Å²) in [6.45, 7) is 5.80. The summed E-state index contributed by atoms with van der Waals surface area (Å²) in [5.41, 5.74) is 2.26. The molecule has 0 bridgehead atoms. The van der Waals surface area contributed by atoms with Crippen molar-refractivity contribution in [3.8, 4) is 0 Å². The van der Waals surface area contributed by atoms with Gasteiger partial charge in [0, 0.05) is 37.9 Å². The van der Waals surface area contributed by atoms with Gasteiger partial charge in [-0.05, 0) is 31.7 Å². The van der Waals surface area contributed by atoms with E-state index in [2.05, 4.69) is 32.1 Å². The standard InChI is InChI=1S/C17H21N5O/c1-13-4-3-5-14(10-13)20-17(23)15-11-16(19-12-18-15)22-8-6-21(2)7-9-22/h3-5,10-12H,6-9H2,1-2H3,(H,20,23). The predicted molar refractivity (Wildman–Crippen MR) is 90.9 cm³/mol. The molecule has 1 aliphatic rings. The van der Waals surface area contributed by atoms with Gasteiger partial charge in [-0.15, -0.1) is 0 Å². The summed E-state index contributed by atoms with van der Waals surface area (Å²) in [7, 11) is 2.11. The zero-order valence-electron chi connectivity index (χ0n) is 13.5. The number of aromatic nitrogens is 2. The molecule has 120 valence electrons. The summed E-state index contributed by atoms with van der Waals surface area (Å²) in [6, 6.07) is 9.47. The van der Waals surface area contributed by atoms with Crippen molar-refractivity contribution in [2.45, 2.75) is 6.92 Å². The molecular weight excluding hydrogens is 290 g/mol. The summed E-state index contributed by atoms with van der Waals surface area (Å²) in [5.74, 6) is 0.593. The first kappa shape index (κ1) is 15.4. The van der Waals surface area contributed by atoms with Crippen LogP contribution < -0.4 is 10.2 Å². The molecule has 1 fully saturated rings. The molecule has 0 spiro atoms.